The predicted octanol–water partition coefficient (Wildman–Crippen LogP) is 3.87. The first kappa shape index (κ1) is 12.8. The van der Waals surface area contributed by atoms with Gasteiger partial charge in [0.1, 0.15) is 6.61 Å². The molecule has 0 fully saturated rings. The third kappa shape index (κ3) is 2.99. The van der Waals surface area contributed by atoms with Crippen LogP contribution in [0.2, 0.25) is 0 Å². The summed E-state index contributed by atoms with van der Waals surface area (Å²) in [5.41, 5.74) is 2.20. The summed E-state index contributed by atoms with van der Waals surface area (Å²) >= 11 is 4.37. The predicted molar refractivity (Wildman–Crippen MR) is 75.8 cm³/mol. The van der Waals surface area contributed by atoms with Crippen molar-refractivity contribution in [3.05, 3.63) is 53.6 Å². The van der Waals surface area contributed by atoms with Crippen LogP contribution in [0.4, 0.5) is 0 Å². The minimum Gasteiger partial charge on any atom is -0.493 e. The van der Waals surface area contributed by atoms with E-state index >= 15 is 0 Å². The molecule has 0 radical (unpaired) electrons. The molecule has 0 aliphatic carbocycles. The van der Waals surface area contributed by atoms with E-state index < -0.39 is 0 Å². The van der Waals surface area contributed by atoms with Crippen LogP contribution in [0, 0.1) is 6.92 Å². The molecule has 94 valence electrons. The molecule has 2 aromatic rings. The summed E-state index contributed by atoms with van der Waals surface area (Å²) < 4.78 is 11.1. The van der Waals surface area contributed by atoms with E-state index in [0.29, 0.717) is 12.4 Å². The lowest BCUT2D eigenvalue weighted by atomic mass is 10.2. The van der Waals surface area contributed by atoms with E-state index in [-0.39, 0.29) is 0 Å². The Balaban J connectivity index is 2.16. The molecule has 0 spiro atoms. The molecule has 0 N–H and O–H groups in total. The van der Waals surface area contributed by atoms with Crippen LogP contribution in [0.3, 0.4) is 0 Å². The van der Waals surface area contributed by atoms with Gasteiger partial charge in [-0.2, -0.15) is 0 Å². The van der Waals surface area contributed by atoms with Crippen molar-refractivity contribution in [1.29, 1.82) is 0 Å². The topological polar surface area (TPSA) is 18.5 Å². The largest absolute Gasteiger partial charge is 0.493 e. The number of thiol groups is 1. The van der Waals surface area contributed by atoms with E-state index in [4.69, 9.17) is 9.47 Å². The van der Waals surface area contributed by atoms with Gasteiger partial charge < -0.3 is 9.47 Å². The van der Waals surface area contributed by atoms with Crippen molar-refractivity contribution in [1.82, 2.24) is 0 Å². The van der Waals surface area contributed by atoms with Gasteiger partial charge in [-0.05, 0) is 30.2 Å². The van der Waals surface area contributed by atoms with Crippen LogP contribution in [0.15, 0.2) is 47.4 Å². The van der Waals surface area contributed by atoms with E-state index in [1.54, 1.807) is 7.11 Å². The van der Waals surface area contributed by atoms with Crippen molar-refractivity contribution in [2.45, 2.75) is 18.4 Å². The quantitative estimate of drug-likeness (QED) is 0.841. The fraction of sp³-hybridized carbons (Fsp3) is 0.200. The zero-order valence-corrected chi connectivity index (χ0v) is 11.4. The molecular formula is C15H16O2S. The van der Waals surface area contributed by atoms with Gasteiger partial charge in [-0.15, -0.1) is 12.6 Å². The lowest BCUT2D eigenvalue weighted by Gasteiger charge is -2.12. The monoisotopic (exact) mass is 260 g/mol. The Labute approximate surface area is 113 Å². The maximum atomic E-state index is 5.79. The van der Waals surface area contributed by atoms with Crippen molar-refractivity contribution < 1.29 is 9.47 Å². The van der Waals surface area contributed by atoms with E-state index in [0.717, 1.165) is 21.8 Å². The van der Waals surface area contributed by atoms with Crippen LogP contribution in [-0.4, -0.2) is 7.11 Å². The number of ether oxygens (including phenoxy) is 2. The number of aryl methyl sites for hydroxylation is 1. The Morgan fingerprint density at radius 2 is 1.78 bits per heavy atom. The average molecular weight is 260 g/mol. The van der Waals surface area contributed by atoms with Crippen LogP contribution in [0.5, 0.6) is 11.5 Å². The van der Waals surface area contributed by atoms with Gasteiger partial charge in [0.25, 0.3) is 0 Å². The van der Waals surface area contributed by atoms with E-state index in [2.05, 4.69) is 12.6 Å². The molecule has 0 atom stereocenters. The highest BCUT2D eigenvalue weighted by Gasteiger charge is 2.07. The number of benzene rings is 2. The van der Waals surface area contributed by atoms with Gasteiger partial charge in [0.15, 0.2) is 11.5 Å². The molecule has 2 aromatic carbocycles. The third-order valence-electron chi connectivity index (χ3n) is 2.72. The molecule has 0 saturated heterocycles. The summed E-state index contributed by atoms with van der Waals surface area (Å²) in [4.78, 5) is 0.902. The zero-order chi connectivity index (χ0) is 13.0. The molecule has 0 saturated carbocycles. The van der Waals surface area contributed by atoms with Crippen LogP contribution >= 0.6 is 12.6 Å². The van der Waals surface area contributed by atoms with E-state index in [1.807, 2.05) is 49.4 Å². The summed E-state index contributed by atoms with van der Waals surface area (Å²) in [6, 6.07) is 13.9. The molecule has 18 heavy (non-hydrogen) atoms. The van der Waals surface area contributed by atoms with Gasteiger partial charge in [0.2, 0.25) is 0 Å². The molecule has 2 nitrogen and oxygen atoms in total. The highest BCUT2D eigenvalue weighted by atomic mass is 32.1. The van der Waals surface area contributed by atoms with Crippen LogP contribution in [0.25, 0.3) is 0 Å². The summed E-state index contributed by atoms with van der Waals surface area (Å²) in [6.07, 6.45) is 0. The second kappa shape index (κ2) is 5.83. The molecule has 2 rings (SSSR count). The van der Waals surface area contributed by atoms with Gasteiger partial charge in [-0.1, -0.05) is 30.3 Å². The normalized spacial score (nSPS) is 10.2. The van der Waals surface area contributed by atoms with Gasteiger partial charge >= 0.3 is 0 Å². The van der Waals surface area contributed by atoms with Crippen LogP contribution in [-0.2, 0) is 6.61 Å². The highest BCUT2D eigenvalue weighted by molar-refractivity contribution is 7.80. The Kier molecular flexibility index (Phi) is 4.15. The molecule has 0 aromatic heterocycles. The first-order chi connectivity index (χ1) is 8.70. The summed E-state index contributed by atoms with van der Waals surface area (Å²) in [6.45, 7) is 2.53. The first-order valence-corrected chi connectivity index (χ1v) is 6.19. The van der Waals surface area contributed by atoms with E-state index in [1.165, 1.54) is 0 Å². The maximum absolute atomic E-state index is 5.79. The van der Waals surface area contributed by atoms with Gasteiger partial charge in [0.05, 0.1) is 7.11 Å². The van der Waals surface area contributed by atoms with Crippen LogP contribution < -0.4 is 9.47 Å². The molecule has 0 amide bonds. The van der Waals surface area contributed by atoms with Gasteiger partial charge in [-0.3, -0.25) is 0 Å². The smallest absolute Gasteiger partial charge is 0.162 e. The van der Waals surface area contributed by atoms with Crippen molar-refractivity contribution in [2.75, 3.05) is 7.11 Å². The molecule has 0 heterocycles. The number of hydrogen-bond acceptors (Lipinski definition) is 3. The van der Waals surface area contributed by atoms with Crippen LogP contribution in [0.1, 0.15) is 11.1 Å². The Morgan fingerprint density at radius 1 is 1.06 bits per heavy atom. The molecule has 0 unspecified atom stereocenters. The Morgan fingerprint density at radius 3 is 2.44 bits per heavy atom. The first-order valence-electron chi connectivity index (χ1n) is 5.75. The standard InChI is InChI=1S/C15H16O2S/c1-11-8-14(13(16-2)9-15(11)18)17-10-12-6-4-3-5-7-12/h3-9,18H,10H2,1-2H3. The second-order valence-corrected chi connectivity index (χ2v) is 4.55. The van der Waals surface area contributed by atoms with E-state index in [9.17, 15) is 0 Å². The summed E-state index contributed by atoms with van der Waals surface area (Å²) in [5.74, 6) is 1.46. The maximum Gasteiger partial charge on any atom is 0.162 e. The third-order valence-corrected chi connectivity index (χ3v) is 3.20. The van der Waals surface area contributed by atoms with Crippen molar-refractivity contribution in [2.24, 2.45) is 0 Å². The molecule has 0 aliphatic heterocycles. The lowest BCUT2D eigenvalue weighted by molar-refractivity contribution is 0.284. The van der Waals surface area contributed by atoms with Crippen molar-refractivity contribution in [3.8, 4) is 11.5 Å². The molecule has 3 heteroatoms. The minimum atomic E-state index is 0.530. The fourth-order valence-corrected chi connectivity index (χ4v) is 1.84. The molecule has 0 bridgehead atoms. The van der Waals surface area contributed by atoms with Gasteiger partial charge in [0, 0.05) is 4.90 Å². The number of hydrogen-bond donors (Lipinski definition) is 1. The zero-order valence-electron chi connectivity index (χ0n) is 10.5. The fourth-order valence-electron chi connectivity index (χ4n) is 1.66. The molecule has 0 aliphatic rings. The lowest BCUT2D eigenvalue weighted by Crippen LogP contribution is -1.98. The highest BCUT2D eigenvalue weighted by Crippen LogP contribution is 2.32. The van der Waals surface area contributed by atoms with Gasteiger partial charge in [-0.25, -0.2) is 0 Å². The molecular weight excluding hydrogens is 244 g/mol. The summed E-state index contributed by atoms with van der Waals surface area (Å²) in [7, 11) is 1.63. The van der Waals surface area contributed by atoms with Crippen molar-refractivity contribution in [3.63, 3.8) is 0 Å². The number of rotatable bonds is 4. The Hall–Kier alpha value is -1.61. The Bertz CT molecular complexity index is 524. The average Bonchev–Trinajstić information content (AvgIpc) is 2.41. The summed E-state index contributed by atoms with van der Waals surface area (Å²) in [5, 5.41) is 0. The minimum absolute atomic E-state index is 0.530. The second-order valence-electron chi connectivity index (χ2n) is 4.06. The van der Waals surface area contributed by atoms with Crippen molar-refractivity contribution >= 4 is 12.6 Å². The number of methoxy groups -OCH3 is 1. The SMILES string of the molecule is COc1cc(S)c(C)cc1OCc1ccccc1.